The summed E-state index contributed by atoms with van der Waals surface area (Å²) in [6.07, 6.45) is 27.0. The van der Waals surface area contributed by atoms with Crippen molar-refractivity contribution in [1.29, 1.82) is 0 Å². The van der Waals surface area contributed by atoms with Crippen LogP contribution in [0.15, 0.2) is 103 Å². The maximum Gasteiger partial charge on any atom is 0.136 e. The van der Waals surface area contributed by atoms with Crippen LogP contribution < -0.4 is 9.47 Å². The zero-order chi connectivity index (χ0) is 36.2. The van der Waals surface area contributed by atoms with Crippen molar-refractivity contribution in [1.82, 2.24) is 9.97 Å². The van der Waals surface area contributed by atoms with Crippen LogP contribution in [0.1, 0.15) is 104 Å². The van der Waals surface area contributed by atoms with Crippen molar-refractivity contribution in [3.63, 3.8) is 0 Å². The highest BCUT2D eigenvalue weighted by Crippen LogP contribution is 2.29. The van der Waals surface area contributed by atoms with Crippen molar-refractivity contribution >= 4 is 24.3 Å². The van der Waals surface area contributed by atoms with E-state index >= 15 is 0 Å². The predicted octanol–water partition coefficient (Wildman–Crippen LogP) is 11.8. The van der Waals surface area contributed by atoms with Crippen LogP contribution in [-0.4, -0.2) is 23.2 Å². The fraction of sp³-hybridized carbons (Fsp3) is 0.250. The van der Waals surface area contributed by atoms with Gasteiger partial charge in [0, 0.05) is 30.1 Å². The van der Waals surface area contributed by atoms with Crippen LogP contribution >= 0.6 is 0 Å². The SMILES string of the molecule is C#Cc1cc(OCCCCCC)c(C#Cc2ccc(/C=C/c3ccc(-c4ccc(/C=C/c5ccccc5)cn4)nc3)cc2)cc1OCCCCCC. The maximum absolute atomic E-state index is 6.21. The molecule has 0 unspecified atom stereocenters. The van der Waals surface area contributed by atoms with Gasteiger partial charge in [0.2, 0.25) is 0 Å². The molecule has 0 spiro atoms. The van der Waals surface area contributed by atoms with Crippen LogP contribution in [0.2, 0.25) is 0 Å². The molecular weight excluding hydrogens is 637 g/mol. The van der Waals surface area contributed by atoms with Crippen LogP contribution in [0, 0.1) is 24.2 Å². The van der Waals surface area contributed by atoms with Crippen molar-refractivity contribution in [3.8, 4) is 47.1 Å². The summed E-state index contributed by atoms with van der Waals surface area (Å²) < 4.78 is 12.3. The highest BCUT2D eigenvalue weighted by atomic mass is 16.5. The van der Waals surface area contributed by atoms with E-state index in [9.17, 15) is 0 Å². The molecule has 262 valence electrons. The summed E-state index contributed by atoms with van der Waals surface area (Å²) in [6.45, 7) is 5.68. The summed E-state index contributed by atoms with van der Waals surface area (Å²) in [6, 6.07) is 30.4. The van der Waals surface area contributed by atoms with Gasteiger partial charge in [0.15, 0.2) is 0 Å². The van der Waals surface area contributed by atoms with Crippen molar-refractivity contribution in [3.05, 3.63) is 142 Å². The Hall–Kier alpha value is -5.84. The molecule has 52 heavy (non-hydrogen) atoms. The summed E-state index contributed by atoms with van der Waals surface area (Å²) in [5.74, 6) is 10.8. The number of aromatic nitrogens is 2. The lowest BCUT2D eigenvalue weighted by atomic mass is 10.1. The van der Waals surface area contributed by atoms with E-state index in [1.54, 1.807) is 0 Å². The van der Waals surface area contributed by atoms with Crippen molar-refractivity contribution in [2.75, 3.05) is 13.2 Å². The molecule has 0 amide bonds. The van der Waals surface area contributed by atoms with Gasteiger partial charge in [-0.3, -0.25) is 9.97 Å². The second kappa shape index (κ2) is 20.7. The highest BCUT2D eigenvalue weighted by Gasteiger charge is 2.11. The highest BCUT2D eigenvalue weighted by molar-refractivity contribution is 5.72. The van der Waals surface area contributed by atoms with E-state index in [-0.39, 0.29) is 0 Å². The maximum atomic E-state index is 6.21. The Kier molecular flexibility index (Phi) is 14.9. The Bertz CT molecular complexity index is 1990. The standard InChI is InChI=1S/C48H48N2O2/c1-4-7-9-14-32-51-47-35-44(48(34-43(47)6-3)52-33-15-10-8-5-2)29-26-40-20-18-39(19-21-40)23-25-42-28-31-46(50-37-42)45-30-27-41(36-49-45)24-22-38-16-12-11-13-17-38/h3,11-13,16-25,27-28,30-31,34-37H,4-5,7-10,14-15,32-33H2,1-2H3/b24-22+,25-23+. The first kappa shape index (κ1) is 37.4. The van der Waals surface area contributed by atoms with Gasteiger partial charge in [-0.2, -0.15) is 0 Å². The number of pyridine rings is 2. The van der Waals surface area contributed by atoms with Gasteiger partial charge < -0.3 is 9.47 Å². The lowest BCUT2D eigenvalue weighted by molar-refractivity contribution is 0.295. The summed E-state index contributed by atoms with van der Waals surface area (Å²) >= 11 is 0. The van der Waals surface area contributed by atoms with Crippen LogP contribution in [-0.2, 0) is 0 Å². The molecule has 4 heteroatoms. The number of nitrogens with zero attached hydrogens (tertiary/aromatic N) is 2. The molecule has 0 saturated heterocycles. The molecule has 0 aliphatic rings. The van der Waals surface area contributed by atoms with E-state index < -0.39 is 0 Å². The number of benzene rings is 3. The van der Waals surface area contributed by atoms with Gasteiger partial charge in [0.1, 0.15) is 11.5 Å². The summed E-state index contributed by atoms with van der Waals surface area (Å²) in [5.41, 5.74) is 8.35. The van der Waals surface area contributed by atoms with Crippen LogP contribution in [0.5, 0.6) is 11.5 Å². The van der Waals surface area contributed by atoms with Crippen LogP contribution in [0.4, 0.5) is 0 Å². The van der Waals surface area contributed by atoms with Gasteiger partial charge in [-0.15, -0.1) is 6.42 Å². The average molecular weight is 685 g/mol. The van der Waals surface area contributed by atoms with Gasteiger partial charge in [0.05, 0.1) is 35.7 Å². The third kappa shape index (κ3) is 11.9. The smallest absolute Gasteiger partial charge is 0.136 e. The van der Waals surface area contributed by atoms with E-state index in [0.717, 1.165) is 70.5 Å². The number of unbranched alkanes of at least 4 members (excludes halogenated alkanes) is 6. The number of hydrogen-bond donors (Lipinski definition) is 0. The first-order chi connectivity index (χ1) is 25.6. The predicted molar refractivity (Wildman–Crippen MR) is 218 cm³/mol. The fourth-order valence-electron chi connectivity index (χ4n) is 5.51. The van der Waals surface area contributed by atoms with E-state index in [0.29, 0.717) is 30.3 Å². The minimum absolute atomic E-state index is 0.632. The Morgan fingerprint density at radius 2 is 1.04 bits per heavy atom. The number of ether oxygens (including phenoxy) is 2. The minimum atomic E-state index is 0.632. The Labute approximate surface area is 310 Å². The fourth-order valence-corrected chi connectivity index (χ4v) is 5.51. The molecule has 5 rings (SSSR count). The minimum Gasteiger partial charge on any atom is -0.492 e. The molecule has 4 nitrogen and oxygen atoms in total. The molecule has 0 aliphatic carbocycles. The van der Waals surface area contributed by atoms with Crippen molar-refractivity contribution in [2.45, 2.75) is 65.2 Å². The van der Waals surface area contributed by atoms with Crippen LogP contribution in [0.3, 0.4) is 0 Å². The first-order valence-electron chi connectivity index (χ1n) is 18.5. The average Bonchev–Trinajstić information content (AvgIpc) is 3.20. The Morgan fingerprint density at radius 1 is 0.538 bits per heavy atom. The van der Waals surface area contributed by atoms with Gasteiger partial charge in [-0.1, -0.05) is 149 Å². The quantitative estimate of drug-likeness (QED) is 0.0722. The van der Waals surface area contributed by atoms with Gasteiger partial charge in [-0.25, -0.2) is 0 Å². The van der Waals surface area contributed by atoms with E-state index in [1.165, 1.54) is 25.7 Å². The molecule has 0 fully saturated rings. The van der Waals surface area contributed by atoms with Gasteiger partial charge in [0.25, 0.3) is 0 Å². The largest absolute Gasteiger partial charge is 0.492 e. The van der Waals surface area contributed by atoms with Crippen molar-refractivity contribution < 1.29 is 9.47 Å². The molecule has 0 atom stereocenters. The lowest BCUT2D eigenvalue weighted by Gasteiger charge is -2.13. The van der Waals surface area contributed by atoms with Crippen LogP contribution in [0.25, 0.3) is 35.7 Å². The lowest BCUT2D eigenvalue weighted by Crippen LogP contribution is -2.03. The summed E-state index contributed by atoms with van der Waals surface area (Å²) in [4.78, 5) is 9.28. The summed E-state index contributed by atoms with van der Waals surface area (Å²) in [7, 11) is 0. The zero-order valence-electron chi connectivity index (χ0n) is 30.5. The normalized spacial score (nSPS) is 10.9. The molecule has 0 bridgehead atoms. The third-order valence-corrected chi connectivity index (χ3v) is 8.57. The number of hydrogen-bond acceptors (Lipinski definition) is 4. The zero-order valence-corrected chi connectivity index (χ0v) is 30.5. The third-order valence-electron chi connectivity index (χ3n) is 8.57. The first-order valence-corrected chi connectivity index (χ1v) is 18.5. The second-order valence-corrected chi connectivity index (χ2v) is 12.7. The van der Waals surface area contributed by atoms with E-state index in [4.69, 9.17) is 15.9 Å². The molecule has 2 heterocycles. The van der Waals surface area contributed by atoms with E-state index in [1.807, 2.05) is 67.0 Å². The topological polar surface area (TPSA) is 44.2 Å². The molecule has 0 saturated carbocycles. The van der Waals surface area contributed by atoms with Crippen molar-refractivity contribution in [2.24, 2.45) is 0 Å². The number of terminal acetylenes is 1. The van der Waals surface area contributed by atoms with Gasteiger partial charge >= 0.3 is 0 Å². The number of rotatable bonds is 17. The molecular formula is C48H48N2O2. The van der Waals surface area contributed by atoms with E-state index in [2.05, 4.69) is 102 Å². The molecule has 0 N–H and O–H groups in total. The Morgan fingerprint density at radius 3 is 1.56 bits per heavy atom. The molecule has 0 aliphatic heterocycles. The molecule has 3 aromatic carbocycles. The summed E-state index contributed by atoms with van der Waals surface area (Å²) in [5, 5.41) is 0. The Balaban J connectivity index is 1.22. The second-order valence-electron chi connectivity index (χ2n) is 12.7. The monoisotopic (exact) mass is 684 g/mol. The molecule has 0 radical (unpaired) electrons. The van der Waals surface area contributed by atoms with Gasteiger partial charge in [-0.05, 0) is 59.4 Å². The molecule has 5 aromatic rings. The molecule has 2 aromatic heterocycles.